The average Bonchev–Trinajstić information content (AvgIpc) is 3.08. The number of anilines is 2. The number of carbonyl (C=O) groups excluding carboxylic acids is 1. The summed E-state index contributed by atoms with van der Waals surface area (Å²) in [6.45, 7) is 2.32. The minimum Gasteiger partial charge on any atom is -0.396 e. The Bertz CT molecular complexity index is 855. The van der Waals surface area contributed by atoms with Crippen molar-refractivity contribution in [2.45, 2.75) is 44.4 Å². The summed E-state index contributed by atoms with van der Waals surface area (Å²) >= 11 is 0. The third-order valence-corrected chi connectivity index (χ3v) is 4.50. The second-order valence-corrected chi connectivity index (χ2v) is 6.91. The van der Waals surface area contributed by atoms with Crippen molar-refractivity contribution in [1.82, 2.24) is 19.5 Å². The van der Waals surface area contributed by atoms with Crippen molar-refractivity contribution in [2.24, 2.45) is 0 Å². The predicted molar refractivity (Wildman–Crippen MR) is 95.1 cm³/mol. The maximum absolute atomic E-state index is 15.3. The topological polar surface area (TPSA) is 126 Å². The number of aromatic nitrogens is 4. The van der Waals surface area contributed by atoms with E-state index in [0.29, 0.717) is 11.3 Å². The van der Waals surface area contributed by atoms with E-state index in [9.17, 15) is 9.90 Å². The van der Waals surface area contributed by atoms with Gasteiger partial charge in [0.05, 0.1) is 12.4 Å². The summed E-state index contributed by atoms with van der Waals surface area (Å²) < 4.78 is 22.3. The lowest BCUT2D eigenvalue weighted by Gasteiger charge is -2.24. The molecule has 2 aromatic heterocycles. The van der Waals surface area contributed by atoms with Crippen LogP contribution < -0.4 is 10.2 Å². The van der Waals surface area contributed by atoms with Crippen LogP contribution in [0.2, 0.25) is 0 Å². The van der Waals surface area contributed by atoms with Crippen molar-refractivity contribution in [1.29, 1.82) is 0 Å². The van der Waals surface area contributed by atoms with Gasteiger partial charge < -0.3 is 19.8 Å². The molecule has 1 aliphatic rings. The lowest BCUT2D eigenvalue weighted by Crippen LogP contribution is -2.39. The van der Waals surface area contributed by atoms with Gasteiger partial charge in [-0.1, -0.05) is 0 Å². The number of alkyl halides is 1. The predicted octanol–water partition coefficient (Wildman–Crippen LogP) is 0.220. The summed E-state index contributed by atoms with van der Waals surface area (Å²) in [5.74, 6) is 0.135. The van der Waals surface area contributed by atoms with E-state index in [-0.39, 0.29) is 30.5 Å². The number of aliphatic hydroxyl groups excluding tert-OH is 2. The minimum absolute atomic E-state index is 0.0477. The Kier molecular flexibility index (Phi) is 5.02. The van der Waals surface area contributed by atoms with Gasteiger partial charge in [0, 0.05) is 27.6 Å². The molecular formula is C16H23FN6O4. The number of aliphatic hydroxyl groups is 2. The SMILES string of the molecule is CC(=O)Nc1nc(N(C)C)c2ncn([C@@H]3O[C@H](CCO)[C@@H](O)[C@@]3(C)F)c2n1. The zero-order valence-electron chi connectivity index (χ0n) is 15.5. The Morgan fingerprint density at radius 3 is 2.78 bits per heavy atom. The molecule has 1 saturated heterocycles. The summed E-state index contributed by atoms with van der Waals surface area (Å²) in [5.41, 5.74) is -1.48. The smallest absolute Gasteiger partial charge is 0.233 e. The molecular weight excluding hydrogens is 359 g/mol. The normalized spacial score (nSPS) is 27.9. The Labute approximate surface area is 155 Å². The fourth-order valence-corrected chi connectivity index (χ4v) is 3.17. The lowest BCUT2D eigenvalue weighted by atomic mass is 9.97. The zero-order valence-corrected chi connectivity index (χ0v) is 15.5. The number of nitrogens with zero attached hydrogens (tertiary/aromatic N) is 5. The van der Waals surface area contributed by atoms with Gasteiger partial charge in [-0.15, -0.1) is 0 Å². The molecule has 1 fully saturated rings. The second kappa shape index (κ2) is 6.98. The van der Waals surface area contributed by atoms with E-state index in [4.69, 9.17) is 9.84 Å². The molecule has 10 nitrogen and oxygen atoms in total. The van der Waals surface area contributed by atoms with Crippen LogP contribution in [0.1, 0.15) is 26.5 Å². The Balaban J connectivity index is 2.12. The van der Waals surface area contributed by atoms with Crippen LogP contribution in [0.5, 0.6) is 0 Å². The van der Waals surface area contributed by atoms with Crippen LogP contribution in [0.3, 0.4) is 0 Å². The van der Waals surface area contributed by atoms with E-state index in [2.05, 4.69) is 20.3 Å². The van der Waals surface area contributed by atoms with Crippen LogP contribution >= 0.6 is 0 Å². The molecule has 0 radical (unpaired) electrons. The first-order valence-electron chi connectivity index (χ1n) is 8.49. The van der Waals surface area contributed by atoms with Crippen LogP contribution in [0.25, 0.3) is 11.2 Å². The number of halogens is 1. The Hall–Kier alpha value is -2.37. The molecule has 148 valence electrons. The van der Waals surface area contributed by atoms with E-state index in [1.54, 1.807) is 19.0 Å². The van der Waals surface area contributed by atoms with Crippen molar-refractivity contribution in [3.8, 4) is 0 Å². The van der Waals surface area contributed by atoms with Gasteiger partial charge in [0.25, 0.3) is 0 Å². The maximum Gasteiger partial charge on any atom is 0.233 e. The van der Waals surface area contributed by atoms with Gasteiger partial charge in [0.1, 0.15) is 6.10 Å². The summed E-state index contributed by atoms with van der Waals surface area (Å²) in [5, 5.41) is 21.9. The number of fused-ring (bicyclic) bond motifs is 1. The van der Waals surface area contributed by atoms with Crippen molar-refractivity contribution in [3.05, 3.63) is 6.33 Å². The molecule has 27 heavy (non-hydrogen) atoms. The molecule has 11 heteroatoms. The molecule has 1 amide bonds. The number of ether oxygens (including phenoxy) is 1. The molecule has 2 aromatic rings. The third-order valence-electron chi connectivity index (χ3n) is 4.50. The quantitative estimate of drug-likeness (QED) is 0.671. The van der Waals surface area contributed by atoms with E-state index in [0.717, 1.165) is 0 Å². The first kappa shape index (κ1) is 19.4. The fourth-order valence-electron chi connectivity index (χ4n) is 3.17. The second-order valence-electron chi connectivity index (χ2n) is 6.91. The molecule has 0 aliphatic carbocycles. The number of imidazole rings is 1. The molecule has 1 aliphatic heterocycles. The number of amides is 1. The van der Waals surface area contributed by atoms with Gasteiger partial charge in [-0.3, -0.25) is 14.7 Å². The van der Waals surface area contributed by atoms with Crippen LogP contribution in [0.4, 0.5) is 16.2 Å². The van der Waals surface area contributed by atoms with Crippen molar-refractivity contribution in [3.63, 3.8) is 0 Å². The third kappa shape index (κ3) is 3.33. The van der Waals surface area contributed by atoms with Crippen LogP contribution in [0, 0.1) is 0 Å². The molecule has 3 rings (SSSR count). The van der Waals surface area contributed by atoms with Crippen LogP contribution in [-0.2, 0) is 9.53 Å². The highest BCUT2D eigenvalue weighted by molar-refractivity contribution is 5.90. The highest BCUT2D eigenvalue weighted by atomic mass is 19.1. The minimum atomic E-state index is -2.13. The molecule has 3 heterocycles. The molecule has 0 bridgehead atoms. The first-order valence-corrected chi connectivity index (χ1v) is 8.49. The Morgan fingerprint density at radius 2 is 2.19 bits per heavy atom. The van der Waals surface area contributed by atoms with E-state index in [1.165, 1.54) is 24.7 Å². The van der Waals surface area contributed by atoms with Gasteiger partial charge in [-0.25, -0.2) is 9.37 Å². The maximum atomic E-state index is 15.3. The molecule has 4 atom stereocenters. The number of nitrogens with one attached hydrogen (secondary N) is 1. The summed E-state index contributed by atoms with van der Waals surface area (Å²) in [6.07, 6.45) is -2.03. The van der Waals surface area contributed by atoms with Gasteiger partial charge in [-0.05, 0) is 13.3 Å². The molecule has 0 spiro atoms. The molecule has 0 aromatic carbocycles. The fraction of sp³-hybridized carbons (Fsp3) is 0.625. The standard InChI is InChI=1S/C16H23FN6O4/c1-8(25)19-15-20-12(22(3)4)10-13(21-15)23(7-18-10)14-16(2,17)11(26)9(27-14)5-6-24/h7,9,11,14,24,26H,5-6H2,1-4H3,(H,19,20,21,25)/t9-,11-,14-,16-/m1/s1. The monoisotopic (exact) mass is 382 g/mol. The number of hydrogen-bond donors (Lipinski definition) is 3. The van der Waals surface area contributed by atoms with E-state index >= 15 is 4.39 Å². The van der Waals surface area contributed by atoms with Gasteiger partial charge >= 0.3 is 0 Å². The summed E-state index contributed by atoms with van der Waals surface area (Å²) in [4.78, 5) is 25.9. The summed E-state index contributed by atoms with van der Waals surface area (Å²) in [7, 11) is 3.51. The van der Waals surface area contributed by atoms with Crippen molar-refractivity contribution in [2.75, 3.05) is 30.9 Å². The van der Waals surface area contributed by atoms with E-state index < -0.39 is 24.1 Å². The van der Waals surface area contributed by atoms with Crippen LogP contribution in [-0.4, -0.2) is 74.2 Å². The molecule has 0 saturated carbocycles. The number of hydrogen-bond acceptors (Lipinski definition) is 8. The number of carbonyl (C=O) groups is 1. The van der Waals surface area contributed by atoms with Gasteiger partial charge in [0.2, 0.25) is 11.9 Å². The van der Waals surface area contributed by atoms with E-state index in [1.807, 2.05) is 0 Å². The van der Waals surface area contributed by atoms with Crippen molar-refractivity contribution < 1.29 is 24.1 Å². The lowest BCUT2D eigenvalue weighted by molar-refractivity contribution is -0.114. The zero-order chi connectivity index (χ0) is 19.9. The van der Waals surface area contributed by atoms with Gasteiger partial charge in [-0.2, -0.15) is 9.97 Å². The summed E-state index contributed by atoms with van der Waals surface area (Å²) in [6, 6.07) is 0. The van der Waals surface area contributed by atoms with Gasteiger partial charge in [0.15, 0.2) is 28.9 Å². The van der Waals surface area contributed by atoms with Crippen molar-refractivity contribution >= 4 is 28.8 Å². The first-order chi connectivity index (χ1) is 12.7. The average molecular weight is 382 g/mol. The highest BCUT2D eigenvalue weighted by Gasteiger charge is 2.55. The number of rotatable bonds is 5. The molecule has 0 unspecified atom stereocenters. The van der Waals surface area contributed by atoms with Crippen LogP contribution in [0.15, 0.2) is 6.33 Å². The molecule has 3 N–H and O–H groups in total. The Morgan fingerprint density at radius 1 is 1.48 bits per heavy atom. The highest BCUT2D eigenvalue weighted by Crippen LogP contribution is 2.43. The largest absolute Gasteiger partial charge is 0.396 e.